The van der Waals surface area contributed by atoms with E-state index in [4.69, 9.17) is 14.7 Å². The van der Waals surface area contributed by atoms with Gasteiger partial charge in [-0.3, -0.25) is 4.79 Å². The molecule has 6 heteroatoms. The number of carbonyl (C=O) groups is 1. The van der Waals surface area contributed by atoms with Crippen molar-refractivity contribution in [2.45, 2.75) is 18.9 Å². The van der Waals surface area contributed by atoms with Gasteiger partial charge in [-0.05, 0) is 55.3 Å². The summed E-state index contributed by atoms with van der Waals surface area (Å²) >= 11 is 0. The molecule has 140 valence electrons. The normalized spacial score (nSPS) is 15.9. The van der Waals surface area contributed by atoms with Gasteiger partial charge in [-0.15, -0.1) is 0 Å². The third kappa shape index (κ3) is 4.14. The lowest BCUT2D eigenvalue weighted by molar-refractivity contribution is -0.130. The van der Waals surface area contributed by atoms with Crippen LogP contribution in [0.25, 0.3) is 0 Å². The van der Waals surface area contributed by atoms with E-state index < -0.39 is 0 Å². The van der Waals surface area contributed by atoms with Crippen LogP contribution in [0, 0.1) is 11.3 Å². The number of hydrogen-bond acceptors (Lipinski definition) is 5. The highest BCUT2D eigenvalue weighted by Gasteiger charge is 2.31. The molecule has 0 radical (unpaired) electrons. The summed E-state index contributed by atoms with van der Waals surface area (Å²) in [6, 6.07) is 14.8. The van der Waals surface area contributed by atoms with E-state index in [2.05, 4.69) is 11.4 Å². The first-order valence-electron chi connectivity index (χ1n) is 8.91. The molecule has 0 aromatic heterocycles. The Morgan fingerprint density at radius 1 is 1.22 bits per heavy atom. The van der Waals surface area contributed by atoms with Crippen molar-refractivity contribution in [3.05, 3.63) is 53.6 Å². The monoisotopic (exact) mass is 365 g/mol. The van der Waals surface area contributed by atoms with Crippen molar-refractivity contribution in [2.24, 2.45) is 0 Å². The average molecular weight is 365 g/mol. The topological polar surface area (TPSA) is 74.6 Å². The van der Waals surface area contributed by atoms with Gasteiger partial charge in [0.1, 0.15) is 11.5 Å². The van der Waals surface area contributed by atoms with Gasteiger partial charge in [0, 0.05) is 17.8 Å². The van der Waals surface area contributed by atoms with Crippen LogP contribution in [-0.4, -0.2) is 38.1 Å². The van der Waals surface area contributed by atoms with E-state index in [1.165, 1.54) is 0 Å². The van der Waals surface area contributed by atoms with Crippen LogP contribution in [0.3, 0.4) is 0 Å². The minimum absolute atomic E-state index is 0.0229. The zero-order valence-corrected chi connectivity index (χ0v) is 15.6. The van der Waals surface area contributed by atoms with Crippen LogP contribution in [0.2, 0.25) is 0 Å². The van der Waals surface area contributed by atoms with Gasteiger partial charge in [0.25, 0.3) is 0 Å². The van der Waals surface area contributed by atoms with Gasteiger partial charge >= 0.3 is 0 Å². The molecule has 2 aromatic carbocycles. The number of nitrogens with zero attached hydrogens (tertiary/aromatic N) is 2. The quantitative estimate of drug-likeness (QED) is 0.850. The van der Waals surface area contributed by atoms with Crippen molar-refractivity contribution in [2.75, 3.05) is 32.6 Å². The minimum atomic E-state index is -0.0229. The van der Waals surface area contributed by atoms with Crippen molar-refractivity contribution >= 4 is 11.6 Å². The molecule has 1 aliphatic heterocycles. The van der Waals surface area contributed by atoms with E-state index in [1.54, 1.807) is 38.5 Å². The number of nitriles is 1. The minimum Gasteiger partial charge on any atom is -0.497 e. The summed E-state index contributed by atoms with van der Waals surface area (Å²) < 4.78 is 10.8. The van der Waals surface area contributed by atoms with E-state index in [0.29, 0.717) is 5.56 Å². The van der Waals surface area contributed by atoms with Crippen LogP contribution in [0.4, 0.5) is 5.69 Å². The van der Waals surface area contributed by atoms with Crippen LogP contribution >= 0.6 is 0 Å². The zero-order chi connectivity index (χ0) is 19.2. The predicted octanol–water partition coefficient (Wildman–Crippen LogP) is 3.35. The van der Waals surface area contributed by atoms with Gasteiger partial charge in [0.05, 0.1) is 38.4 Å². The molecule has 1 heterocycles. The fourth-order valence-electron chi connectivity index (χ4n) is 3.43. The number of anilines is 1. The highest BCUT2D eigenvalue weighted by atomic mass is 16.5. The van der Waals surface area contributed by atoms with Crippen LogP contribution < -0.4 is 14.8 Å². The molecule has 0 spiro atoms. The summed E-state index contributed by atoms with van der Waals surface area (Å²) in [4.78, 5) is 14.7. The lowest BCUT2D eigenvalue weighted by Crippen LogP contribution is -2.35. The Morgan fingerprint density at radius 2 is 2.00 bits per heavy atom. The number of hydrogen-bond donors (Lipinski definition) is 1. The summed E-state index contributed by atoms with van der Waals surface area (Å²) in [5, 5.41) is 12.0. The van der Waals surface area contributed by atoms with Gasteiger partial charge in [-0.1, -0.05) is 0 Å². The largest absolute Gasteiger partial charge is 0.497 e. The lowest BCUT2D eigenvalue weighted by atomic mass is 10.0. The molecule has 0 aliphatic carbocycles. The SMILES string of the molecule is COc1ccc(OC)c(C2CCCN2C(=O)CNc2ccc(C#N)cc2)c1. The van der Waals surface area contributed by atoms with Crippen molar-refractivity contribution < 1.29 is 14.3 Å². The van der Waals surface area contributed by atoms with E-state index in [-0.39, 0.29) is 18.5 Å². The average Bonchev–Trinajstić information content (AvgIpc) is 3.21. The van der Waals surface area contributed by atoms with Crippen molar-refractivity contribution in [1.82, 2.24) is 4.90 Å². The second-order valence-electron chi connectivity index (χ2n) is 6.40. The Hall–Kier alpha value is -3.20. The van der Waals surface area contributed by atoms with E-state index in [1.807, 2.05) is 23.1 Å². The number of ether oxygens (including phenoxy) is 2. The Balaban J connectivity index is 1.72. The van der Waals surface area contributed by atoms with Gasteiger partial charge < -0.3 is 19.7 Å². The maximum absolute atomic E-state index is 12.8. The van der Waals surface area contributed by atoms with E-state index >= 15 is 0 Å². The Morgan fingerprint density at radius 3 is 2.67 bits per heavy atom. The van der Waals surface area contributed by atoms with E-state index in [0.717, 1.165) is 42.1 Å². The number of amides is 1. The fourth-order valence-corrected chi connectivity index (χ4v) is 3.43. The summed E-state index contributed by atoms with van der Waals surface area (Å²) in [5.74, 6) is 1.55. The first-order valence-corrected chi connectivity index (χ1v) is 8.91. The van der Waals surface area contributed by atoms with Gasteiger partial charge in [-0.2, -0.15) is 5.26 Å². The molecular formula is C21H23N3O3. The van der Waals surface area contributed by atoms with Crippen molar-refractivity contribution in [3.8, 4) is 17.6 Å². The molecule has 1 unspecified atom stereocenters. The number of benzene rings is 2. The first-order chi connectivity index (χ1) is 13.2. The molecule has 0 saturated carbocycles. The molecule has 2 aromatic rings. The first kappa shape index (κ1) is 18.6. The Bertz CT molecular complexity index is 843. The molecule has 1 fully saturated rings. The van der Waals surface area contributed by atoms with Crippen LogP contribution in [0.15, 0.2) is 42.5 Å². The molecule has 1 atom stereocenters. The summed E-state index contributed by atoms with van der Waals surface area (Å²) in [7, 11) is 3.27. The second-order valence-corrected chi connectivity index (χ2v) is 6.40. The van der Waals surface area contributed by atoms with E-state index in [9.17, 15) is 4.79 Å². The third-order valence-electron chi connectivity index (χ3n) is 4.83. The van der Waals surface area contributed by atoms with Gasteiger partial charge in [0.15, 0.2) is 0 Å². The highest BCUT2D eigenvalue weighted by molar-refractivity contribution is 5.81. The summed E-state index contributed by atoms with van der Waals surface area (Å²) in [6.07, 6.45) is 1.85. The molecule has 1 aliphatic rings. The second kappa shape index (κ2) is 8.45. The Kier molecular flexibility index (Phi) is 5.82. The smallest absolute Gasteiger partial charge is 0.242 e. The molecule has 1 N–H and O–H groups in total. The zero-order valence-electron chi connectivity index (χ0n) is 15.6. The molecule has 27 heavy (non-hydrogen) atoms. The van der Waals surface area contributed by atoms with Crippen molar-refractivity contribution in [1.29, 1.82) is 5.26 Å². The number of nitrogens with one attached hydrogen (secondary N) is 1. The highest BCUT2D eigenvalue weighted by Crippen LogP contribution is 2.38. The predicted molar refractivity (Wildman–Crippen MR) is 103 cm³/mol. The van der Waals surface area contributed by atoms with Gasteiger partial charge in [-0.25, -0.2) is 0 Å². The molecule has 1 saturated heterocycles. The van der Waals surface area contributed by atoms with Crippen LogP contribution in [-0.2, 0) is 4.79 Å². The fraction of sp³-hybridized carbons (Fsp3) is 0.333. The molecule has 1 amide bonds. The molecule has 6 nitrogen and oxygen atoms in total. The van der Waals surface area contributed by atoms with Crippen LogP contribution in [0.5, 0.6) is 11.5 Å². The van der Waals surface area contributed by atoms with Crippen molar-refractivity contribution in [3.63, 3.8) is 0 Å². The lowest BCUT2D eigenvalue weighted by Gasteiger charge is -2.27. The Labute approximate surface area is 159 Å². The summed E-state index contributed by atoms with van der Waals surface area (Å²) in [6.45, 7) is 0.924. The number of rotatable bonds is 6. The molecule has 0 bridgehead atoms. The maximum Gasteiger partial charge on any atom is 0.242 e. The van der Waals surface area contributed by atoms with Gasteiger partial charge in [0.2, 0.25) is 5.91 Å². The third-order valence-corrected chi connectivity index (χ3v) is 4.83. The number of likely N-dealkylation sites (tertiary alicyclic amines) is 1. The number of methoxy groups -OCH3 is 2. The standard InChI is InChI=1S/C21H23N3O3/c1-26-17-9-10-20(27-2)18(12-17)19-4-3-11-24(19)21(25)14-23-16-7-5-15(13-22)6-8-16/h5-10,12,19,23H,3-4,11,14H2,1-2H3. The molecule has 3 rings (SSSR count). The van der Waals surface area contributed by atoms with Crippen LogP contribution in [0.1, 0.15) is 30.0 Å². The maximum atomic E-state index is 12.8. The summed E-state index contributed by atoms with van der Waals surface area (Å²) in [5.41, 5.74) is 2.38. The number of carbonyl (C=O) groups excluding carboxylic acids is 1. The molecular weight excluding hydrogens is 342 g/mol.